The first kappa shape index (κ1) is 10.8. The Kier molecular flexibility index (Phi) is 2.58. The molecule has 2 aromatic rings. The molecule has 0 bridgehead atoms. The summed E-state index contributed by atoms with van der Waals surface area (Å²) in [6.45, 7) is 0. The second-order valence-electron chi connectivity index (χ2n) is 3.38. The van der Waals surface area contributed by atoms with Crippen molar-refractivity contribution in [2.24, 2.45) is 0 Å². The lowest BCUT2D eigenvalue weighted by molar-refractivity contribution is 0.407. The molecule has 0 saturated carbocycles. The van der Waals surface area contributed by atoms with Crippen molar-refractivity contribution in [1.29, 1.82) is 5.26 Å². The van der Waals surface area contributed by atoms with Crippen molar-refractivity contribution >= 4 is 5.82 Å². The van der Waals surface area contributed by atoms with E-state index in [1.54, 1.807) is 0 Å². The number of phenols is 1. The van der Waals surface area contributed by atoms with E-state index in [-0.39, 0.29) is 5.75 Å². The van der Waals surface area contributed by atoms with Crippen molar-refractivity contribution in [3.8, 4) is 28.7 Å². The van der Waals surface area contributed by atoms with Crippen LogP contribution < -0.4 is 10.5 Å². The Hall–Kier alpha value is -2.68. The molecule has 0 aliphatic heterocycles. The first-order valence-electron chi connectivity index (χ1n) is 4.77. The van der Waals surface area contributed by atoms with E-state index in [2.05, 4.69) is 10.2 Å². The third-order valence-corrected chi connectivity index (χ3v) is 2.40. The molecule has 2 rings (SSSR count). The van der Waals surface area contributed by atoms with Gasteiger partial charge in [0, 0.05) is 17.2 Å². The molecular weight excluding hydrogens is 220 g/mol. The molecule has 0 atom stereocenters. The van der Waals surface area contributed by atoms with Crippen LogP contribution in [0.15, 0.2) is 18.3 Å². The lowest BCUT2D eigenvalue weighted by atomic mass is 10.0. The van der Waals surface area contributed by atoms with Crippen LogP contribution in [-0.2, 0) is 0 Å². The van der Waals surface area contributed by atoms with Crippen molar-refractivity contribution < 1.29 is 9.84 Å². The van der Waals surface area contributed by atoms with Crippen LogP contribution in [-0.4, -0.2) is 22.4 Å². The Morgan fingerprint density at radius 1 is 1.47 bits per heavy atom. The number of nitrogens with two attached hydrogens (primary N) is 1. The number of phenolic OH excluding ortho intramolecular Hbond substituents is 1. The SMILES string of the molecule is COc1cc(O)c(-c2cn[nH]c2N)cc1C#N. The van der Waals surface area contributed by atoms with Gasteiger partial charge in [-0.2, -0.15) is 10.4 Å². The molecule has 0 aliphatic carbocycles. The summed E-state index contributed by atoms with van der Waals surface area (Å²) in [5, 5.41) is 25.1. The number of nitrogens with zero attached hydrogens (tertiary/aromatic N) is 2. The largest absolute Gasteiger partial charge is 0.507 e. The zero-order chi connectivity index (χ0) is 12.4. The Morgan fingerprint density at radius 3 is 2.76 bits per heavy atom. The Morgan fingerprint density at radius 2 is 2.24 bits per heavy atom. The maximum atomic E-state index is 9.85. The minimum Gasteiger partial charge on any atom is -0.507 e. The Bertz CT molecular complexity index is 598. The number of aromatic amines is 1. The highest BCUT2D eigenvalue weighted by atomic mass is 16.5. The predicted octanol–water partition coefficient (Wildman–Crippen LogP) is 1.24. The van der Waals surface area contributed by atoms with Gasteiger partial charge in [-0.3, -0.25) is 5.10 Å². The highest BCUT2D eigenvalue weighted by molar-refractivity contribution is 5.79. The summed E-state index contributed by atoms with van der Waals surface area (Å²) in [6, 6.07) is 4.87. The molecule has 6 nitrogen and oxygen atoms in total. The fourth-order valence-corrected chi connectivity index (χ4v) is 1.55. The first-order valence-corrected chi connectivity index (χ1v) is 4.77. The molecule has 0 spiro atoms. The third kappa shape index (κ3) is 1.74. The number of H-pyrrole nitrogens is 1. The molecule has 0 unspecified atom stereocenters. The number of nitrogens with one attached hydrogen (secondary N) is 1. The molecule has 0 aliphatic rings. The number of hydrogen-bond acceptors (Lipinski definition) is 5. The zero-order valence-corrected chi connectivity index (χ0v) is 9.06. The maximum absolute atomic E-state index is 9.85. The van der Waals surface area contributed by atoms with Crippen molar-refractivity contribution in [3.05, 3.63) is 23.9 Å². The van der Waals surface area contributed by atoms with Gasteiger partial charge in [-0.05, 0) is 6.07 Å². The lowest BCUT2D eigenvalue weighted by Gasteiger charge is -2.08. The molecule has 6 heteroatoms. The van der Waals surface area contributed by atoms with Gasteiger partial charge in [0.2, 0.25) is 0 Å². The van der Waals surface area contributed by atoms with Crippen LogP contribution in [0.5, 0.6) is 11.5 Å². The summed E-state index contributed by atoms with van der Waals surface area (Å²) < 4.78 is 4.98. The molecule has 0 radical (unpaired) electrons. The standard InChI is InChI=1S/C11H10N4O2/c1-17-10-3-9(16)7(2-6(10)4-12)8-5-14-15-11(8)13/h2-3,5,16H,1H3,(H3,13,14,15). The summed E-state index contributed by atoms with van der Waals surface area (Å²) in [5.74, 6) is 0.624. The van der Waals surface area contributed by atoms with Crippen LogP contribution in [0.1, 0.15) is 5.56 Å². The Balaban J connectivity index is 2.65. The molecule has 1 aromatic heterocycles. The Labute approximate surface area is 97.3 Å². The second kappa shape index (κ2) is 4.06. The molecule has 0 saturated heterocycles. The van der Waals surface area contributed by atoms with Crippen molar-refractivity contribution in [2.45, 2.75) is 0 Å². The van der Waals surface area contributed by atoms with Gasteiger partial charge < -0.3 is 15.6 Å². The molecule has 86 valence electrons. The van der Waals surface area contributed by atoms with Gasteiger partial charge in [0.15, 0.2) is 0 Å². The molecule has 1 heterocycles. The number of ether oxygens (including phenoxy) is 1. The van der Waals surface area contributed by atoms with E-state index in [1.807, 2.05) is 6.07 Å². The van der Waals surface area contributed by atoms with Crippen LogP contribution in [0.4, 0.5) is 5.82 Å². The van der Waals surface area contributed by atoms with Crippen LogP contribution in [0, 0.1) is 11.3 Å². The van der Waals surface area contributed by atoms with Crippen molar-refractivity contribution in [1.82, 2.24) is 10.2 Å². The summed E-state index contributed by atoms with van der Waals surface area (Å²) in [7, 11) is 1.43. The van der Waals surface area contributed by atoms with Gasteiger partial charge in [-0.1, -0.05) is 0 Å². The van der Waals surface area contributed by atoms with E-state index in [0.29, 0.717) is 28.3 Å². The van der Waals surface area contributed by atoms with E-state index in [4.69, 9.17) is 15.7 Å². The average Bonchev–Trinajstić information content (AvgIpc) is 2.75. The molecule has 0 fully saturated rings. The van der Waals surface area contributed by atoms with Crippen LogP contribution in [0.3, 0.4) is 0 Å². The molecule has 4 N–H and O–H groups in total. The number of aromatic hydroxyl groups is 1. The third-order valence-electron chi connectivity index (χ3n) is 2.40. The number of nitriles is 1. The second-order valence-corrected chi connectivity index (χ2v) is 3.38. The van der Waals surface area contributed by atoms with E-state index in [0.717, 1.165) is 0 Å². The summed E-state index contributed by atoms with van der Waals surface area (Å²) in [4.78, 5) is 0. The fraction of sp³-hybridized carbons (Fsp3) is 0.0909. The minimum absolute atomic E-state index is 0.0195. The van der Waals surface area contributed by atoms with E-state index >= 15 is 0 Å². The first-order chi connectivity index (χ1) is 8.17. The highest BCUT2D eigenvalue weighted by Gasteiger charge is 2.14. The quantitative estimate of drug-likeness (QED) is 0.719. The van der Waals surface area contributed by atoms with Crippen molar-refractivity contribution in [3.63, 3.8) is 0 Å². The van der Waals surface area contributed by atoms with Gasteiger partial charge in [0.25, 0.3) is 0 Å². The summed E-state index contributed by atoms with van der Waals surface area (Å²) in [6.07, 6.45) is 1.48. The monoisotopic (exact) mass is 230 g/mol. The van der Waals surface area contributed by atoms with E-state index in [9.17, 15) is 5.11 Å². The van der Waals surface area contributed by atoms with Crippen LogP contribution >= 0.6 is 0 Å². The zero-order valence-electron chi connectivity index (χ0n) is 9.06. The fourth-order valence-electron chi connectivity index (χ4n) is 1.55. The smallest absolute Gasteiger partial charge is 0.140 e. The average molecular weight is 230 g/mol. The minimum atomic E-state index is -0.0195. The predicted molar refractivity (Wildman–Crippen MR) is 61.4 cm³/mol. The summed E-state index contributed by atoms with van der Waals surface area (Å²) >= 11 is 0. The lowest BCUT2D eigenvalue weighted by Crippen LogP contribution is -1.92. The van der Waals surface area contributed by atoms with Gasteiger partial charge in [0.05, 0.1) is 18.9 Å². The number of anilines is 1. The van der Waals surface area contributed by atoms with Gasteiger partial charge in [-0.15, -0.1) is 0 Å². The normalized spacial score (nSPS) is 9.88. The number of nitrogen functional groups attached to an aromatic ring is 1. The molecule has 1 aromatic carbocycles. The highest BCUT2D eigenvalue weighted by Crippen LogP contribution is 2.36. The van der Waals surface area contributed by atoms with E-state index < -0.39 is 0 Å². The van der Waals surface area contributed by atoms with E-state index in [1.165, 1.54) is 25.4 Å². The maximum Gasteiger partial charge on any atom is 0.140 e. The van der Waals surface area contributed by atoms with Gasteiger partial charge in [0.1, 0.15) is 23.4 Å². The topological polar surface area (TPSA) is 108 Å². The van der Waals surface area contributed by atoms with Crippen LogP contribution in [0.2, 0.25) is 0 Å². The van der Waals surface area contributed by atoms with Crippen molar-refractivity contribution in [2.75, 3.05) is 12.8 Å². The number of benzene rings is 1. The molecule has 17 heavy (non-hydrogen) atoms. The van der Waals surface area contributed by atoms with Gasteiger partial charge >= 0.3 is 0 Å². The number of aromatic nitrogens is 2. The van der Waals surface area contributed by atoms with Gasteiger partial charge in [-0.25, -0.2) is 0 Å². The summed E-state index contributed by atoms with van der Waals surface area (Å²) in [5.41, 5.74) is 6.96. The number of rotatable bonds is 2. The number of hydrogen-bond donors (Lipinski definition) is 3. The number of methoxy groups -OCH3 is 1. The molecular formula is C11H10N4O2. The molecule has 0 amide bonds. The van der Waals surface area contributed by atoms with Crippen LogP contribution in [0.25, 0.3) is 11.1 Å².